The van der Waals surface area contributed by atoms with Crippen LogP contribution in [0.2, 0.25) is 5.15 Å². The Morgan fingerprint density at radius 1 is 1.11 bits per heavy atom. The summed E-state index contributed by atoms with van der Waals surface area (Å²) in [6.07, 6.45) is -2.53. The molecule has 2 heterocycles. The summed E-state index contributed by atoms with van der Waals surface area (Å²) in [6.45, 7) is 2.83. The predicted molar refractivity (Wildman–Crippen MR) is 96.7 cm³/mol. The van der Waals surface area contributed by atoms with E-state index >= 15 is 0 Å². The predicted octanol–water partition coefficient (Wildman–Crippen LogP) is 3.75. The molecule has 1 saturated heterocycles. The topological polar surface area (TPSA) is 36.4 Å². The highest BCUT2D eigenvalue weighted by Gasteiger charge is 2.33. The maximum absolute atomic E-state index is 13.1. The number of alkyl halides is 3. The normalized spacial score (nSPS) is 15.8. The Labute approximate surface area is 160 Å². The third kappa shape index (κ3) is 4.99. The van der Waals surface area contributed by atoms with Crippen molar-refractivity contribution in [1.29, 1.82) is 0 Å². The molecule has 3 rings (SSSR count). The van der Waals surface area contributed by atoms with Gasteiger partial charge in [0.15, 0.2) is 0 Å². The van der Waals surface area contributed by atoms with E-state index in [0.717, 1.165) is 6.07 Å². The maximum atomic E-state index is 13.1. The number of carbonyl (C=O) groups is 1. The van der Waals surface area contributed by atoms with E-state index in [-0.39, 0.29) is 11.1 Å². The first-order valence-corrected chi connectivity index (χ1v) is 9.00. The second-order valence-electron chi connectivity index (χ2n) is 6.41. The van der Waals surface area contributed by atoms with E-state index in [0.29, 0.717) is 50.3 Å². The minimum Gasteiger partial charge on any atom is -0.336 e. The first-order chi connectivity index (χ1) is 12.8. The van der Waals surface area contributed by atoms with E-state index in [1.165, 1.54) is 24.4 Å². The smallest absolute Gasteiger partial charge is 0.336 e. The van der Waals surface area contributed by atoms with Crippen LogP contribution in [0, 0.1) is 0 Å². The van der Waals surface area contributed by atoms with Gasteiger partial charge in [0, 0.05) is 44.5 Å². The van der Waals surface area contributed by atoms with Crippen LogP contribution in [-0.4, -0.2) is 53.4 Å². The molecule has 0 radical (unpaired) electrons. The highest BCUT2D eigenvalue weighted by molar-refractivity contribution is 6.29. The second-order valence-corrected chi connectivity index (χ2v) is 6.79. The molecule has 1 aliphatic rings. The average Bonchev–Trinajstić information content (AvgIpc) is 2.66. The molecule has 0 atom stereocenters. The zero-order chi connectivity index (χ0) is 19.4. The molecular weight excluding hydrogens is 379 g/mol. The van der Waals surface area contributed by atoms with E-state index in [9.17, 15) is 18.0 Å². The van der Waals surface area contributed by atoms with Crippen molar-refractivity contribution in [2.24, 2.45) is 0 Å². The zero-order valence-corrected chi connectivity index (χ0v) is 15.3. The van der Waals surface area contributed by atoms with Crippen LogP contribution in [0.15, 0.2) is 42.6 Å². The van der Waals surface area contributed by atoms with Gasteiger partial charge in [-0.15, -0.1) is 0 Å². The van der Waals surface area contributed by atoms with Crippen LogP contribution >= 0.6 is 11.6 Å². The molecule has 8 heteroatoms. The van der Waals surface area contributed by atoms with Crippen LogP contribution in [0.1, 0.15) is 21.5 Å². The fraction of sp³-hybridized carbons (Fsp3) is 0.368. The lowest BCUT2D eigenvalue weighted by Crippen LogP contribution is -2.49. The average molecular weight is 398 g/mol. The van der Waals surface area contributed by atoms with Gasteiger partial charge in [-0.05, 0) is 30.2 Å². The van der Waals surface area contributed by atoms with Crippen LogP contribution in [0.4, 0.5) is 13.2 Å². The first-order valence-electron chi connectivity index (χ1n) is 8.63. The van der Waals surface area contributed by atoms with Gasteiger partial charge >= 0.3 is 6.18 Å². The summed E-state index contributed by atoms with van der Waals surface area (Å²) < 4.78 is 39.2. The summed E-state index contributed by atoms with van der Waals surface area (Å²) in [5, 5.41) is 0.266. The van der Waals surface area contributed by atoms with Crippen molar-refractivity contribution < 1.29 is 18.0 Å². The molecule has 1 fully saturated rings. The summed E-state index contributed by atoms with van der Waals surface area (Å²) in [5.41, 5.74) is 0.214. The van der Waals surface area contributed by atoms with E-state index < -0.39 is 11.7 Å². The Bertz CT molecular complexity index is 805. The van der Waals surface area contributed by atoms with Gasteiger partial charge in [0.2, 0.25) is 0 Å². The van der Waals surface area contributed by atoms with Crippen LogP contribution in [0.5, 0.6) is 0 Å². The fourth-order valence-electron chi connectivity index (χ4n) is 3.19. The summed E-state index contributed by atoms with van der Waals surface area (Å²) in [4.78, 5) is 20.2. The van der Waals surface area contributed by atoms with Crippen molar-refractivity contribution in [2.45, 2.75) is 12.6 Å². The van der Waals surface area contributed by atoms with E-state index in [1.54, 1.807) is 17.0 Å². The second kappa shape index (κ2) is 8.27. The maximum Gasteiger partial charge on any atom is 0.416 e. The number of nitrogens with zero attached hydrogens (tertiary/aromatic N) is 3. The molecule has 0 aliphatic carbocycles. The van der Waals surface area contributed by atoms with Gasteiger partial charge in [0.25, 0.3) is 5.91 Å². The molecule has 4 nitrogen and oxygen atoms in total. The minimum atomic E-state index is -4.34. The first kappa shape index (κ1) is 19.6. The SMILES string of the molecule is O=C(c1ccnc(Cl)c1)N1CCN(CCc2ccccc2C(F)(F)F)CC1. The van der Waals surface area contributed by atoms with Crippen molar-refractivity contribution in [1.82, 2.24) is 14.8 Å². The fourth-order valence-corrected chi connectivity index (χ4v) is 3.36. The van der Waals surface area contributed by atoms with Crippen LogP contribution in [0.25, 0.3) is 0 Å². The lowest BCUT2D eigenvalue weighted by molar-refractivity contribution is -0.138. The van der Waals surface area contributed by atoms with E-state index in [2.05, 4.69) is 9.88 Å². The van der Waals surface area contributed by atoms with E-state index in [1.807, 2.05) is 0 Å². The van der Waals surface area contributed by atoms with Gasteiger partial charge in [-0.3, -0.25) is 9.69 Å². The zero-order valence-electron chi connectivity index (χ0n) is 14.5. The number of halogens is 4. The molecule has 0 saturated carbocycles. The number of carbonyl (C=O) groups excluding carboxylic acids is 1. The third-order valence-corrected chi connectivity index (χ3v) is 4.86. The number of aromatic nitrogens is 1. The van der Waals surface area contributed by atoms with Crippen LogP contribution in [-0.2, 0) is 12.6 Å². The summed E-state index contributed by atoms with van der Waals surface area (Å²) in [7, 11) is 0. The quantitative estimate of drug-likeness (QED) is 0.737. The van der Waals surface area contributed by atoms with Crippen molar-refractivity contribution in [3.63, 3.8) is 0 Å². The van der Waals surface area contributed by atoms with E-state index in [4.69, 9.17) is 11.6 Å². The number of hydrogen-bond donors (Lipinski definition) is 0. The molecular formula is C19H19ClF3N3O. The number of pyridine rings is 1. The highest BCUT2D eigenvalue weighted by Crippen LogP contribution is 2.32. The number of piperazine rings is 1. The molecule has 1 amide bonds. The number of benzene rings is 1. The molecule has 0 bridgehead atoms. The third-order valence-electron chi connectivity index (χ3n) is 4.65. The Morgan fingerprint density at radius 3 is 2.48 bits per heavy atom. The lowest BCUT2D eigenvalue weighted by atomic mass is 10.0. The standard InChI is InChI=1S/C19H19ClF3N3O/c20-17-13-15(5-7-24-17)18(27)26-11-9-25(10-12-26)8-6-14-3-1-2-4-16(14)19(21,22)23/h1-5,7,13H,6,8-12H2. The van der Waals surface area contributed by atoms with Crippen molar-refractivity contribution in [3.05, 3.63) is 64.4 Å². The van der Waals surface area contributed by atoms with Crippen LogP contribution in [0.3, 0.4) is 0 Å². The molecule has 1 aromatic heterocycles. The Kier molecular flexibility index (Phi) is 6.01. The Morgan fingerprint density at radius 2 is 1.81 bits per heavy atom. The van der Waals surface area contributed by atoms with Gasteiger partial charge < -0.3 is 4.90 Å². The molecule has 2 aromatic rings. The van der Waals surface area contributed by atoms with Crippen molar-refractivity contribution in [3.8, 4) is 0 Å². The summed E-state index contributed by atoms with van der Waals surface area (Å²) >= 11 is 5.83. The number of hydrogen-bond acceptors (Lipinski definition) is 3. The van der Waals surface area contributed by atoms with Gasteiger partial charge in [-0.1, -0.05) is 29.8 Å². The van der Waals surface area contributed by atoms with Gasteiger partial charge in [0.1, 0.15) is 5.15 Å². The van der Waals surface area contributed by atoms with Crippen molar-refractivity contribution in [2.75, 3.05) is 32.7 Å². The molecule has 1 aliphatic heterocycles. The highest BCUT2D eigenvalue weighted by atomic mass is 35.5. The number of amides is 1. The lowest BCUT2D eigenvalue weighted by Gasteiger charge is -2.35. The number of rotatable bonds is 4. The minimum absolute atomic E-state index is 0.110. The van der Waals surface area contributed by atoms with Gasteiger partial charge in [-0.2, -0.15) is 13.2 Å². The molecule has 1 aromatic carbocycles. The molecule has 144 valence electrons. The van der Waals surface area contributed by atoms with Gasteiger partial charge in [0.05, 0.1) is 5.56 Å². The van der Waals surface area contributed by atoms with Gasteiger partial charge in [-0.25, -0.2) is 4.98 Å². The Hall–Kier alpha value is -2.12. The van der Waals surface area contributed by atoms with Crippen LogP contribution < -0.4 is 0 Å². The summed E-state index contributed by atoms with van der Waals surface area (Å²) in [6, 6.07) is 8.82. The van der Waals surface area contributed by atoms with Crippen molar-refractivity contribution >= 4 is 17.5 Å². The summed E-state index contributed by atoms with van der Waals surface area (Å²) in [5.74, 6) is -0.110. The molecule has 0 N–H and O–H groups in total. The molecule has 0 spiro atoms. The largest absolute Gasteiger partial charge is 0.416 e. The molecule has 0 unspecified atom stereocenters. The monoisotopic (exact) mass is 397 g/mol. The molecule has 27 heavy (non-hydrogen) atoms. The Balaban J connectivity index is 1.54.